The fourth-order valence-corrected chi connectivity index (χ4v) is 2.14. The summed E-state index contributed by atoms with van der Waals surface area (Å²) in [6.45, 7) is 2.50. The van der Waals surface area contributed by atoms with Gasteiger partial charge in [0.2, 0.25) is 5.90 Å². The molecule has 5 heteroatoms. The quantitative estimate of drug-likeness (QED) is 0.640. The number of carbonyl (C=O) groups excluding carboxylic acids is 1. The molecule has 0 radical (unpaired) electrons. The monoisotopic (exact) mass is 311 g/mol. The van der Waals surface area contributed by atoms with Gasteiger partial charge in [0.15, 0.2) is 5.70 Å². The summed E-state index contributed by atoms with van der Waals surface area (Å²) in [4.78, 5) is 16.0. The molecule has 2 aromatic carbocycles. The highest BCUT2D eigenvalue weighted by molar-refractivity contribution is 6.12. The number of ether oxygens (including phenoxy) is 2. The van der Waals surface area contributed by atoms with Crippen molar-refractivity contribution in [3.8, 4) is 5.75 Å². The summed E-state index contributed by atoms with van der Waals surface area (Å²) in [6.07, 6.45) is 1.62. The average Bonchev–Trinajstić information content (AvgIpc) is 2.91. The molecule has 0 bridgehead atoms. The summed E-state index contributed by atoms with van der Waals surface area (Å²) in [6, 6.07) is 13.0. The Morgan fingerprint density at radius 2 is 2.00 bits per heavy atom. The minimum absolute atomic E-state index is 0.103. The second kappa shape index (κ2) is 6.44. The van der Waals surface area contributed by atoms with E-state index in [-0.39, 0.29) is 11.6 Å². The number of carbonyl (C=O) groups is 1. The van der Waals surface area contributed by atoms with Crippen LogP contribution >= 0.6 is 0 Å². The van der Waals surface area contributed by atoms with Gasteiger partial charge in [0.25, 0.3) is 0 Å². The first-order valence-electron chi connectivity index (χ1n) is 7.17. The van der Waals surface area contributed by atoms with Crippen LogP contribution in [0.15, 0.2) is 59.2 Å². The van der Waals surface area contributed by atoms with Crippen LogP contribution in [-0.2, 0) is 9.53 Å². The SMILES string of the molecule is CCOc1ccc(/C=C2/N=C(c3cccc(F)c3)OC2=O)cc1. The molecule has 1 aliphatic heterocycles. The molecule has 0 spiro atoms. The number of rotatable bonds is 4. The molecule has 2 aromatic rings. The van der Waals surface area contributed by atoms with Gasteiger partial charge in [0.05, 0.1) is 6.61 Å². The molecular formula is C18H14FNO3. The molecule has 4 nitrogen and oxygen atoms in total. The maximum atomic E-state index is 13.2. The predicted octanol–water partition coefficient (Wildman–Crippen LogP) is 3.57. The normalized spacial score (nSPS) is 15.5. The molecule has 0 unspecified atom stereocenters. The summed E-state index contributed by atoms with van der Waals surface area (Å²) in [5, 5.41) is 0. The van der Waals surface area contributed by atoms with Gasteiger partial charge in [-0.1, -0.05) is 18.2 Å². The lowest BCUT2D eigenvalue weighted by atomic mass is 10.2. The molecule has 0 atom stereocenters. The van der Waals surface area contributed by atoms with E-state index in [2.05, 4.69) is 4.99 Å². The van der Waals surface area contributed by atoms with E-state index in [1.807, 2.05) is 31.2 Å². The van der Waals surface area contributed by atoms with Gasteiger partial charge in [-0.3, -0.25) is 0 Å². The third-order valence-electron chi connectivity index (χ3n) is 3.19. The highest BCUT2D eigenvalue weighted by Gasteiger charge is 2.24. The maximum absolute atomic E-state index is 13.2. The maximum Gasteiger partial charge on any atom is 0.363 e. The molecule has 0 amide bonds. The molecule has 1 aliphatic rings. The van der Waals surface area contributed by atoms with Crippen molar-refractivity contribution >= 4 is 17.9 Å². The van der Waals surface area contributed by atoms with E-state index >= 15 is 0 Å². The van der Waals surface area contributed by atoms with Gasteiger partial charge in [0, 0.05) is 5.56 Å². The molecule has 0 fully saturated rings. The number of benzene rings is 2. The van der Waals surface area contributed by atoms with Crippen molar-refractivity contribution in [1.82, 2.24) is 0 Å². The van der Waals surface area contributed by atoms with Crippen molar-refractivity contribution in [3.63, 3.8) is 0 Å². The van der Waals surface area contributed by atoms with Gasteiger partial charge in [-0.25, -0.2) is 14.2 Å². The summed E-state index contributed by atoms with van der Waals surface area (Å²) >= 11 is 0. The average molecular weight is 311 g/mol. The third-order valence-corrected chi connectivity index (χ3v) is 3.19. The first-order valence-corrected chi connectivity index (χ1v) is 7.17. The number of esters is 1. The van der Waals surface area contributed by atoms with Gasteiger partial charge >= 0.3 is 5.97 Å². The van der Waals surface area contributed by atoms with E-state index in [4.69, 9.17) is 9.47 Å². The minimum atomic E-state index is -0.557. The number of nitrogens with zero attached hydrogens (tertiary/aromatic N) is 1. The largest absolute Gasteiger partial charge is 0.494 e. The van der Waals surface area contributed by atoms with Crippen molar-refractivity contribution < 1.29 is 18.7 Å². The van der Waals surface area contributed by atoms with Crippen LogP contribution < -0.4 is 4.74 Å². The second-order valence-electron chi connectivity index (χ2n) is 4.85. The molecule has 3 rings (SSSR count). The Morgan fingerprint density at radius 3 is 2.70 bits per heavy atom. The Labute approximate surface area is 132 Å². The lowest BCUT2D eigenvalue weighted by molar-refractivity contribution is -0.129. The van der Waals surface area contributed by atoms with Crippen molar-refractivity contribution in [3.05, 3.63) is 71.2 Å². The van der Waals surface area contributed by atoms with E-state index in [9.17, 15) is 9.18 Å². The van der Waals surface area contributed by atoms with Gasteiger partial charge < -0.3 is 9.47 Å². The molecular weight excluding hydrogens is 297 g/mol. The van der Waals surface area contributed by atoms with E-state index in [0.29, 0.717) is 12.2 Å². The Bertz CT molecular complexity index is 794. The Morgan fingerprint density at radius 1 is 1.22 bits per heavy atom. The first kappa shape index (κ1) is 15.0. The zero-order chi connectivity index (χ0) is 16.2. The zero-order valence-corrected chi connectivity index (χ0v) is 12.5. The van der Waals surface area contributed by atoms with E-state index in [0.717, 1.165) is 11.3 Å². The van der Waals surface area contributed by atoms with Gasteiger partial charge in [0.1, 0.15) is 11.6 Å². The topological polar surface area (TPSA) is 47.9 Å². The van der Waals surface area contributed by atoms with Crippen molar-refractivity contribution in [2.24, 2.45) is 4.99 Å². The van der Waals surface area contributed by atoms with E-state index < -0.39 is 11.8 Å². The first-order chi connectivity index (χ1) is 11.2. The Kier molecular flexibility index (Phi) is 4.19. The fraction of sp³-hybridized carbons (Fsp3) is 0.111. The minimum Gasteiger partial charge on any atom is -0.494 e. The third kappa shape index (κ3) is 3.45. The molecule has 0 aromatic heterocycles. The number of cyclic esters (lactones) is 1. The standard InChI is InChI=1S/C18H14FNO3/c1-2-22-15-8-6-12(7-9-15)10-16-18(21)23-17(20-16)13-4-3-5-14(19)11-13/h3-11H,2H2,1H3/b16-10+. The Balaban J connectivity index is 1.85. The van der Waals surface area contributed by atoms with E-state index in [1.54, 1.807) is 12.1 Å². The van der Waals surface area contributed by atoms with Crippen molar-refractivity contribution in [1.29, 1.82) is 0 Å². The van der Waals surface area contributed by atoms with Crippen LogP contribution in [0, 0.1) is 5.82 Å². The second-order valence-corrected chi connectivity index (χ2v) is 4.85. The summed E-state index contributed by atoms with van der Waals surface area (Å²) < 4.78 is 23.7. The Hall–Kier alpha value is -2.95. The number of hydrogen-bond donors (Lipinski definition) is 0. The van der Waals surface area contributed by atoms with Crippen LogP contribution in [0.25, 0.3) is 6.08 Å². The molecule has 0 saturated carbocycles. The van der Waals surface area contributed by atoms with Crippen LogP contribution in [0.5, 0.6) is 5.75 Å². The molecule has 0 saturated heterocycles. The highest BCUT2D eigenvalue weighted by Crippen LogP contribution is 2.21. The van der Waals surface area contributed by atoms with E-state index in [1.165, 1.54) is 18.2 Å². The van der Waals surface area contributed by atoms with Gasteiger partial charge in [-0.15, -0.1) is 0 Å². The van der Waals surface area contributed by atoms with Crippen LogP contribution in [0.2, 0.25) is 0 Å². The van der Waals surface area contributed by atoms with Crippen molar-refractivity contribution in [2.45, 2.75) is 6.92 Å². The lowest BCUT2D eigenvalue weighted by Gasteiger charge is -2.02. The predicted molar refractivity (Wildman–Crippen MR) is 84.6 cm³/mol. The summed E-state index contributed by atoms with van der Waals surface area (Å²) in [5.74, 6) is -0.109. The number of hydrogen-bond acceptors (Lipinski definition) is 4. The fourth-order valence-electron chi connectivity index (χ4n) is 2.14. The smallest absolute Gasteiger partial charge is 0.363 e. The van der Waals surface area contributed by atoms with Crippen molar-refractivity contribution in [2.75, 3.05) is 6.61 Å². The van der Waals surface area contributed by atoms with Gasteiger partial charge in [-0.2, -0.15) is 0 Å². The van der Waals surface area contributed by atoms with Gasteiger partial charge in [-0.05, 0) is 48.9 Å². The highest BCUT2D eigenvalue weighted by atomic mass is 19.1. The molecule has 1 heterocycles. The molecule has 0 N–H and O–H groups in total. The van der Waals surface area contributed by atoms with Crippen LogP contribution in [0.3, 0.4) is 0 Å². The summed E-state index contributed by atoms with van der Waals surface area (Å²) in [7, 11) is 0. The molecule has 0 aliphatic carbocycles. The zero-order valence-electron chi connectivity index (χ0n) is 12.5. The number of halogens is 1. The summed E-state index contributed by atoms with van der Waals surface area (Å²) in [5.41, 5.74) is 1.39. The number of aliphatic imine (C=N–C) groups is 1. The van der Waals surface area contributed by atoms with Crippen LogP contribution in [0.1, 0.15) is 18.1 Å². The van der Waals surface area contributed by atoms with Crippen LogP contribution in [-0.4, -0.2) is 18.5 Å². The lowest BCUT2D eigenvalue weighted by Crippen LogP contribution is -2.05. The molecule has 116 valence electrons. The van der Waals surface area contributed by atoms with Crippen LogP contribution in [0.4, 0.5) is 4.39 Å². The molecule has 23 heavy (non-hydrogen) atoms.